The standard InChI is InChI=1S/C20H21N5O3/c1-11(2)25-20(26)28-19(24-25)15-8-22-16-6-5-13(7-14(15)16)17-9-21-10-18(23-17)27-12(3)4/h5-12,22H,1-4H3. The molecule has 1 aromatic carbocycles. The van der Waals surface area contributed by atoms with Crippen LogP contribution in [0.4, 0.5) is 0 Å². The van der Waals surface area contributed by atoms with Crippen LogP contribution in [0.3, 0.4) is 0 Å². The van der Waals surface area contributed by atoms with Gasteiger partial charge in [0.05, 0.1) is 35.8 Å². The maximum absolute atomic E-state index is 12.0. The van der Waals surface area contributed by atoms with Crippen LogP contribution in [0.1, 0.15) is 33.7 Å². The quantitative estimate of drug-likeness (QED) is 0.566. The lowest BCUT2D eigenvalue weighted by atomic mass is 10.1. The van der Waals surface area contributed by atoms with Gasteiger partial charge in [-0.15, -0.1) is 5.10 Å². The lowest BCUT2D eigenvalue weighted by Crippen LogP contribution is -2.17. The smallest absolute Gasteiger partial charge is 0.437 e. The molecule has 0 bridgehead atoms. The molecular formula is C20H21N5O3. The predicted molar refractivity (Wildman–Crippen MR) is 105 cm³/mol. The molecule has 0 aliphatic carbocycles. The fourth-order valence-corrected chi connectivity index (χ4v) is 2.97. The van der Waals surface area contributed by atoms with Crippen LogP contribution in [0.15, 0.2) is 46.0 Å². The molecule has 3 aromatic heterocycles. The molecule has 4 aromatic rings. The summed E-state index contributed by atoms with van der Waals surface area (Å²) in [4.78, 5) is 24.0. The summed E-state index contributed by atoms with van der Waals surface area (Å²) in [6.07, 6.45) is 5.09. The normalized spacial score (nSPS) is 11.6. The Balaban J connectivity index is 1.79. The van der Waals surface area contributed by atoms with Crippen molar-refractivity contribution in [2.45, 2.75) is 39.8 Å². The average Bonchev–Trinajstić information content (AvgIpc) is 3.24. The fourth-order valence-electron chi connectivity index (χ4n) is 2.97. The molecule has 8 nitrogen and oxygen atoms in total. The topological polar surface area (TPSA) is 98.8 Å². The summed E-state index contributed by atoms with van der Waals surface area (Å²) in [6.45, 7) is 7.64. The molecule has 4 rings (SSSR count). The molecule has 0 fully saturated rings. The van der Waals surface area contributed by atoms with Crippen LogP contribution in [-0.2, 0) is 0 Å². The minimum absolute atomic E-state index is 0.0160. The van der Waals surface area contributed by atoms with Crippen molar-refractivity contribution < 1.29 is 9.15 Å². The number of aromatic amines is 1. The first-order valence-corrected chi connectivity index (χ1v) is 9.12. The Bertz CT molecular complexity index is 1190. The van der Waals surface area contributed by atoms with Crippen LogP contribution in [0.25, 0.3) is 33.6 Å². The van der Waals surface area contributed by atoms with Crippen molar-refractivity contribution in [3.63, 3.8) is 0 Å². The van der Waals surface area contributed by atoms with Gasteiger partial charge in [-0.1, -0.05) is 6.07 Å². The van der Waals surface area contributed by atoms with Crippen LogP contribution in [0, 0.1) is 0 Å². The highest BCUT2D eigenvalue weighted by Gasteiger charge is 2.17. The van der Waals surface area contributed by atoms with E-state index in [1.807, 2.05) is 45.9 Å². The molecule has 0 spiro atoms. The van der Waals surface area contributed by atoms with Crippen molar-refractivity contribution in [3.8, 4) is 28.6 Å². The van der Waals surface area contributed by atoms with Crippen LogP contribution >= 0.6 is 0 Å². The van der Waals surface area contributed by atoms with Crippen molar-refractivity contribution in [2.75, 3.05) is 0 Å². The molecule has 1 N–H and O–H groups in total. The van der Waals surface area contributed by atoms with E-state index >= 15 is 0 Å². The van der Waals surface area contributed by atoms with Gasteiger partial charge in [0, 0.05) is 22.7 Å². The van der Waals surface area contributed by atoms with Crippen LogP contribution in [-0.4, -0.2) is 30.8 Å². The molecule has 8 heteroatoms. The number of hydrogen-bond acceptors (Lipinski definition) is 6. The third kappa shape index (κ3) is 3.28. The first-order valence-electron chi connectivity index (χ1n) is 9.12. The molecular weight excluding hydrogens is 358 g/mol. The van der Waals surface area contributed by atoms with Gasteiger partial charge in [0.2, 0.25) is 5.88 Å². The summed E-state index contributed by atoms with van der Waals surface area (Å²) in [5.41, 5.74) is 3.20. The van der Waals surface area contributed by atoms with Gasteiger partial charge in [0.1, 0.15) is 0 Å². The SMILES string of the molecule is CC(C)Oc1cncc(-c2ccc3[nH]cc(-c4nn(C(C)C)c(=O)o4)c3c2)n1. The van der Waals surface area contributed by atoms with E-state index in [1.165, 1.54) is 4.68 Å². The summed E-state index contributed by atoms with van der Waals surface area (Å²) in [5.74, 6) is 0.286. The molecule has 0 radical (unpaired) electrons. The second-order valence-corrected chi connectivity index (χ2v) is 7.08. The Morgan fingerprint density at radius 3 is 2.71 bits per heavy atom. The molecule has 144 valence electrons. The molecule has 0 unspecified atom stereocenters. The third-order valence-corrected chi connectivity index (χ3v) is 4.24. The maximum atomic E-state index is 12.0. The lowest BCUT2D eigenvalue weighted by Gasteiger charge is -2.09. The van der Waals surface area contributed by atoms with Crippen molar-refractivity contribution in [1.29, 1.82) is 0 Å². The lowest BCUT2D eigenvalue weighted by molar-refractivity contribution is 0.232. The zero-order chi connectivity index (χ0) is 19.8. The highest BCUT2D eigenvalue weighted by atomic mass is 16.5. The third-order valence-electron chi connectivity index (χ3n) is 4.24. The maximum Gasteiger partial charge on any atom is 0.437 e. The van der Waals surface area contributed by atoms with Crippen LogP contribution in [0.2, 0.25) is 0 Å². The van der Waals surface area contributed by atoms with Gasteiger partial charge in [0.15, 0.2) is 0 Å². The van der Waals surface area contributed by atoms with Crippen molar-refractivity contribution in [1.82, 2.24) is 24.7 Å². The number of nitrogens with one attached hydrogen (secondary N) is 1. The van der Waals surface area contributed by atoms with Gasteiger partial charge < -0.3 is 14.1 Å². The number of aromatic nitrogens is 5. The van der Waals surface area contributed by atoms with Crippen LogP contribution in [0.5, 0.6) is 5.88 Å². The van der Waals surface area contributed by atoms with Gasteiger partial charge in [-0.2, -0.15) is 4.68 Å². The molecule has 0 aliphatic heterocycles. The van der Waals surface area contributed by atoms with E-state index in [0.29, 0.717) is 11.6 Å². The van der Waals surface area contributed by atoms with Gasteiger partial charge >= 0.3 is 5.76 Å². The van der Waals surface area contributed by atoms with Crippen molar-refractivity contribution >= 4 is 10.9 Å². The molecule has 0 saturated heterocycles. The number of rotatable bonds is 5. The number of fused-ring (bicyclic) bond motifs is 1. The molecule has 0 atom stereocenters. The van der Waals surface area contributed by atoms with Gasteiger partial charge in [-0.05, 0) is 39.8 Å². The van der Waals surface area contributed by atoms with E-state index in [1.54, 1.807) is 18.6 Å². The molecule has 3 heterocycles. The largest absolute Gasteiger partial charge is 0.474 e. The van der Waals surface area contributed by atoms with Gasteiger partial charge in [-0.25, -0.2) is 9.78 Å². The van der Waals surface area contributed by atoms with E-state index < -0.39 is 5.76 Å². The Hall–Kier alpha value is -3.42. The number of hydrogen-bond donors (Lipinski definition) is 1. The Morgan fingerprint density at radius 1 is 1.18 bits per heavy atom. The van der Waals surface area contributed by atoms with Crippen molar-refractivity contribution in [2.24, 2.45) is 0 Å². The minimum atomic E-state index is -0.472. The number of benzene rings is 1. The molecule has 0 aliphatic rings. The summed E-state index contributed by atoms with van der Waals surface area (Å²) in [7, 11) is 0. The summed E-state index contributed by atoms with van der Waals surface area (Å²) in [6, 6.07) is 5.79. The summed E-state index contributed by atoms with van der Waals surface area (Å²) < 4.78 is 12.3. The Morgan fingerprint density at radius 2 is 2.00 bits per heavy atom. The summed E-state index contributed by atoms with van der Waals surface area (Å²) >= 11 is 0. The van der Waals surface area contributed by atoms with E-state index in [9.17, 15) is 4.79 Å². The summed E-state index contributed by atoms with van der Waals surface area (Å²) in [5, 5.41) is 5.20. The van der Waals surface area contributed by atoms with E-state index in [-0.39, 0.29) is 18.0 Å². The predicted octanol–water partition coefficient (Wildman–Crippen LogP) is 3.81. The Kier molecular flexibility index (Phi) is 4.46. The average molecular weight is 379 g/mol. The number of H-pyrrole nitrogens is 1. The fraction of sp³-hybridized carbons (Fsp3) is 0.300. The van der Waals surface area contributed by atoms with Crippen LogP contribution < -0.4 is 10.5 Å². The first kappa shape index (κ1) is 18.0. The molecule has 0 amide bonds. The highest BCUT2D eigenvalue weighted by molar-refractivity contribution is 5.95. The second kappa shape index (κ2) is 6.95. The van der Waals surface area contributed by atoms with Gasteiger partial charge in [-0.3, -0.25) is 4.98 Å². The zero-order valence-corrected chi connectivity index (χ0v) is 16.1. The van der Waals surface area contributed by atoms with E-state index in [0.717, 1.165) is 22.0 Å². The Labute approximate surface area is 161 Å². The number of nitrogens with zero attached hydrogens (tertiary/aromatic N) is 4. The number of ether oxygens (including phenoxy) is 1. The second-order valence-electron chi connectivity index (χ2n) is 7.08. The monoisotopic (exact) mass is 379 g/mol. The zero-order valence-electron chi connectivity index (χ0n) is 16.1. The van der Waals surface area contributed by atoms with E-state index in [4.69, 9.17) is 9.15 Å². The highest BCUT2D eigenvalue weighted by Crippen LogP contribution is 2.31. The first-order chi connectivity index (χ1) is 13.4. The van der Waals surface area contributed by atoms with Crippen molar-refractivity contribution in [3.05, 3.63) is 47.3 Å². The molecule has 28 heavy (non-hydrogen) atoms. The minimum Gasteiger partial charge on any atom is -0.474 e. The van der Waals surface area contributed by atoms with Gasteiger partial charge in [0.25, 0.3) is 5.89 Å². The van der Waals surface area contributed by atoms with E-state index in [2.05, 4.69) is 20.1 Å². The molecule has 0 saturated carbocycles.